The Morgan fingerprint density at radius 3 is 2.58 bits per heavy atom. The normalized spacial score (nSPS) is 19.5. The van der Waals surface area contributed by atoms with E-state index in [1.807, 2.05) is 42.5 Å². The minimum absolute atomic E-state index is 0.157. The van der Waals surface area contributed by atoms with Crippen molar-refractivity contribution in [2.24, 2.45) is 0 Å². The van der Waals surface area contributed by atoms with E-state index in [0.717, 1.165) is 10.9 Å². The van der Waals surface area contributed by atoms with Gasteiger partial charge < -0.3 is 14.5 Å². The molecule has 1 aliphatic rings. The van der Waals surface area contributed by atoms with Gasteiger partial charge in [0.05, 0.1) is 5.52 Å². The molecule has 2 heterocycles. The molecule has 0 amide bonds. The molecule has 5 heteroatoms. The summed E-state index contributed by atoms with van der Waals surface area (Å²) in [6.45, 7) is 3.95. The van der Waals surface area contributed by atoms with Crippen molar-refractivity contribution < 1.29 is 14.3 Å². The molecule has 1 unspecified atom stereocenters. The second kappa shape index (κ2) is 6.19. The number of benzene rings is 2. The number of aromatic nitrogens is 1. The van der Waals surface area contributed by atoms with Crippen LogP contribution in [0.4, 0.5) is 0 Å². The number of H-pyrrole nitrogens is 1. The Kier molecular flexibility index (Phi) is 3.84. The number of hydrogen-bond donors (Lipinski definition) is 1. The quantitative estimate of drug-likeness (QED) is 0.581. The Hall–Kier alpha value is -3.34. The van der Waals surface area contributed by atoms with Crippen molar-refractivity contribution in [1.82, 2.24) is 4.98 Å². The Balaban J connectivity index is 1.64. The van der Waals surface area contributed by atoms with Crippen LogP contribution in [0.5, 0.6) is 5.75 Å². The third-order valence-corrected chi connectivity index (χ3v) is 4.54. The largest absolute Gasteiger partial charge is 0.489 e. The van der Waals surface area contributed by atoms with Gasteiger partial charge in [0.2, 0.25) is 5.56 Å². The molecule has 1 aromatic heterocycles. The lowest BCUT2D eigenvalue weighted by Crippen LogP contribution is -2.33. The molecule has 1 N–H and O–H groups in total. The summed E-state index contributed by atoms with van der Waals surface area (Å²) in [4.78, 5) is 26.3. The van der Waals surface area contributed by atoms with Crippen LogP contribution in [0.15, 0.2) is 77.6 Å². The van der Waals surface area contributed by atoms with Crippen LogP contribution in [0.3, 0.4) is 0 Å². The van der Waals surface area contributed by atoms with Crippen LogP contribution in [0, 0.1) is 0 Å². The maximum atomic E-state index is 12.0. The lowest BCUT2D eigenvalue weighted by atomic mass is 9.90. The Bertz CT molecular complexity index is 1040. The summed E-state index contributed by atoms with van der Waals surface area (Å²) in [5.74, 6) is 0.184. The molecule has 0 saturated carbocycles. The van der Waals surface area contributed by atoms with Gasteiger partial charge in [0.25, 0.3) is 0 Å². The number of carbonyl (C=O) groups excluding carboxylic acids is 1. The summed E-state index contributed by atoms with van der Waals surface area (Å²) in [6.07, 6.45) is 0.375. The van der Waals surface area contributed by atoms with E-state index >= 15 is 0 Å². The number of pyridine rings is 1. The first-order valence-corrected chi connectivity index (χ1v) is 8.28. The smallest absolute Gasteiger partial charge is 0.334 e. The van der Waals surface area contributed by atoms with Crippen LogP contribution in [0.1, 0.15) is 12.0 Å². The number of carbonyl (C=O) groups is 1. The number of cyclic esters (lactones) is 1. The topological polar surface area (TPSA) is 68.4 Å². The van der Waals surface area contributed by atoms with E-state index in [1.165, 1.54) is 6.07 Å². The average molecular weight is 347 g/mol. The fraction of sp³-hybridized carbons (Fsp3) is 0.143. The molecule has 0 radical (unpaired) electrons. The van der Waals surface area contributed by atoms with E-state index in [2.05, 4.69) is 11.6 Å². The molecule has 0 spiro atoms. The summed E-state index contributed by atoms with van der Waals surface area (Å²) in [5, 5.41) is 0.912. The number of ether oxygens (including phenoxy) is 2. The molecule has 2 aromatic carbocycles. The predicted octanol–water partition coefficient (Wildman–Crippen LogP) is 3.31. The predicted molar refractivity (Wildman–Crippen MR) is 98.0 cm³/mol. The van der Waals surface area contributed by atoms with Gasteiger partial charge in [-0.2, -0.15) is 0 Å². The standard InChI is InChI=1S/C21H17NO4/c1-14-12-21(26-20(14)24,16-5-3-2-4-6-16)13-25-17-9-7-15-8-10-19(23)22-18(15)11-17/h2-11H,1,12-13H2,(H,22,23). The van der Waals surface area contributed by atoms with Gasteiger partial charge in [-0.3, -0.25) is 4.79 Å². The summed E-state index contributed by atoms with van der Waals surface area (Å²) in [6, 6.07) is 18.2. The SMILES string of the molecule is C=C1CC(COc2ccc3ccc(=O)[nH]c3c2)(c2ccccc2)OC1=O. The van der Waals surface area contributed by atoms with E-state index in [0.29, 0.717) is 23.3 Å². The number of hydrogen-bond acceptors (Lipinski definition) is 4. The lowest BCUT2D eigenvalue weighted by Gasteiger charge is -2.28. The fourth-order valence-electron chi connectivity index (χ4n) is 3.19. The van der Waals surface area contributed by atoms with E-state index < -0.39 is 11.6 Å². The van der Waals surface area contributed by atoms with Gasteiger partial charge in [0.15, 0.2) is 5.60 Å². The highest BCUT2D eigenvalue weighted by atomic mass is 16.6. The molecule has 5 nitrogen and oxygen atoms in total. The van der Waals surface area contributed by atoms with Gasteiger partial charge >= 0.3 is 5.97 Å². The minimum atomic E-state index is -0.894. The van der Waals surface area contributed by atoms with Gasteiger partial charge in [-0.1, -0.05) is 36.9 Å². The van der Waals surface area contributed by atoms with Crippen LogP contribution in [0.2, 0.25) is 0 Å². The lowest BCUT2D eigenvalue weighted by molar-refractivity contribution is -0.150. The number of nitrogens with one attached hydrogen (secondary N) is 1. The maximum Gasteiger partial charge on any atom is 0.334 e. The van der Waals surface area contributed by atoms with Crippen molar-refractivity contribution in [3.05, 3.63) is 88.7 Å². The van der Waals surface area contributed by atoms with Crippen LogP contribution in [-0.4, -0.2) is 17.6 Å². The number of aromatic amines is 1. The van der Waals surface area contributed by atoms with Crippen LogP contribution < -0.4 is 10.3 Å². The van der Waals surface area contributed by atoms with E-state index in [-0.39, 0.29) is 12.2 Å². The molecular weight excluding hydrogens is 330 g/mol. The molecule has 1 saturated heterocycles. The highest BCUT2D eigenvalue weighted by molar-refractivity contribution is 5.90. The molecule has 1 fully saturated rings. The zero-order chi connectivity index (χ0) is 18.1. The molecule has 4 rings (SSSR count). The monoisotopic (exact) mass is 347 g/mol. The summed E-state index contributed by atoms with van der Waals surface area (Å²) >= 11 is 0. The van der Waals surface area contributed by atoms with Crippen LogP contribution >= 0.6 is 0 Å². The average Bonchev–Trinajstić information content (AvgIpc) is 2.95. The summed E-state index contributed by atoms with van der Waals surface area (Å²) in [7, 11) is 0. The van der Waals surface area contributed by atoms with E-state index in [4.69, 9.17) is 9.47 Å². The van der Waals surface area contributed by atoms with Gasteiger partial charge in [-0.05, 0) is 29.1 Å². The zero-order valence-corrected chi connectivity index (χ0v) is 14.0. The Labute approximate surface area is 149 Å². The third-order valence-electron chi connectivity index (χ3n) is 4.54. The molecule has 26 heavy (non-hydrogen) atoms. The first-order valence-electron chi connectivity index (χ1n) is 8.28. The molecule has 130 valence electrons. The van der Waals surface area contributed by atoms with Crippen molar-refractivity contribution in [2.75, 3.05) is 6.61 Å². The maximum absolute atomic E-state index is 12.0. The van der Waals surface area contributed by atoms with Crippen LogP contribution in [0.25, 0.3) is 10.9 Å². The molecule has 3 aromatic rings. The zero-order valence-electron chi connectivity index (χ0n) is 14.0. The van der Waals surface area contributed by atoms with Gasteiger partial charge in [0.1, 0.15) is 12.4 Å². The highest BCUT2D eigenvalue weighted by Gasteiger charge is 2.45. The second-order valence-corrected chi connectivity index (χ2v) is 6.39. The van der Waals surface area contributed by atoms with Gasteiger partial charge in [0, 0.05) is 24.1 Å². The molecule has 1 atom stereocenters. The van der Waals surface area contributed by atoms with E-state index in [9.17, 15) is 9.59 Å². The van der Waals surface area contributed by atoms with Gasteiger partial charge in [-0.15, -0.1) is 0 Å². The van der Waals surface area contributed by atoms with Crippen molar-refractivity contribution in [3.8, 4) is 5.75 Å². The molecule has 1 aliphatic heterocycles. The van der Waals surface area contributed by atoms with Crippen molar-refractivity contribution >= 4 is 16.9 Å². The minimum Gasteiger partial charge on any atom is -0.489 e. The Morgan fingerprint density at radius 1 is 1.08 bits per heavy atom. The van der Waals surface area contributed by atoms with Crippen molar-refractivity contribution in [1.29, 1.82) is 0 Å². The summed E-state index contributed by atoms with van der Waals surface area (Å²) in [5.41, 5.74) is 0.920. The third kappa shape index (κ3) is 2.88. The van der Waals surface area contributed by atoms with Gasteiger partial charge in [-0.25, -0.2) is 4.79 Å². The second-order valence-electron chi connectivity index (χ2n) is 6.39. The molecule has 0 bridgehead atoms. The summed E-state index contributed by atoms with van der Waals surface area (Å²) < 4.78 is 11.6. The fourth-order valence-corrected chi connectivity index (χ4v) is 3.19. The number of rotatable bonds is 4. The highest BCUT2D eigenvalue weighted by Crippen LogP contribution is 2.39. The molecule has 0 aliphatic carbocycles. The van der Waals surface area contributed by atoms with E-state index in [1.54, 1.807) is 12.1 Å². The van der Waals surface area contributed by atoms with Crippen LogP contribution in [-0.2, 0) is 15.1 Å². The molecular formula is C21H17NO4. The Morgan fingerprint density at radius 2 is 1.85 bits per heavy atom. The first-order chi connectivity index (χ1) is 12.6. The number of fused-ring (bicyclic) bond motifs is 1. The van der Waals surface area contributed by atoms with Crippen molar-refractivity contribution in [2.45, 2.75) is 12.0 Å². The number of esters is 1. The first kappa shape index (κ1) is 16.1. The van der Waals surface area contributed by atoms with Crippen molar-refractivity contribution in [3.63, 3.8) is 0 Å².